The Balaban J connectivity index is 1.70. The van der Waals surface area contributed by atoms with Crippen LogP contribution >= 0.6 is 0 Å². The fraction of sp³-hybridized carbons (Fsp3) is 0.755. The smallest absolute Gasteiger partial charge is 0.329 e. The molecule has 2 bridgehead atoms. The van der Waals surface area contributed by atoms with Crippen LogP contribution in [0.4, 0.5) is 0 Å². The van der Waals surface area contributed by atoms with Crippen LogP contribution in [-0.2, 0) is 52.4 Å². The van der Waals surface area contributed by atoms with Gasteiger partial charge in [0.1, 0.15) is 30.1 Å². The van der Waals surface area contributed by atoms with Crippen molar-refractivity contribution in [2.45, 2.75) is 180 Å². The molecule has 15 nitrogen and oxygen atoms in total. The quantitative estimate of drug-likeness (QED) is 0.134. The topological polar surface area (TPSA) is 205 Å². The molecule has 4 aliphatic rings. The van der Waals surface area contributed by atoms with Crippen molar-refractivity contribution < 1.29 is 67.7 Å². The van der Waals surface area contributed by atoms with E-state index in [1.807, 2.05) is 58.1 Å². The molecule has 3 aliphatic heterocycles. The van der Waals surface area contributed by atoms with Gasteiger partial charge in [-0.1, -0.05) is 71.1 Å². The number of Topliss-reactive ketones (excluding diaryl/α,β-unsaturated/α-hetero) is 3. The van der Waals surface area contributed by atoms with E-state index in [2.05, 4.69) is 0 Å². The lowest BCUT2D eigenvalue weighted by atomic mass is 9.78. The number of aliphatic hydroxyl groups is 3. The van der Waals surface area contributed by atoms with E-state index in [4.69, 9.17) is 28.4 Å². The Hall–Kier alpha value is -3.41. The number of ether oxygens (including phenoxy) is 6. The van der Waals surface area contributed by atoms with Gasteiger partial charge in [-0.3, -0.25) is 19.2 Å². The zero-order valence-corrected chi connectivity index (χ0v) is 42.4. The molecule has 15 heteroatoms. The van der Waals surface area contributed by atoms with Crippen LogP contribution in [0.5, 0.6) is 0 Å². The largest absolute Gasteiger partial charge is 0.460 e. The highest BCUT2D eigenvalue weighted by molar-refractivity contribution is 6.39. The lowest BCUT2D eigenvalue weighted by Crippen LogP contribution is -2.61. The molecular formula is C53H83NO14. The minimum absolute atomic E-state index is 0.0158. The number of piperidine rings is 1. The Morgan fingerprint density at radius 2 is 1.59 bits per heavy atom. The van der Waals surface area contributed by atoms with Crippen molar-refractivity contribution in [3.8, 4) is 0 Å². The number of cyclic esters (lactones) is 1. The monoisotopic (exact) mass is 958 g/mol. The maximum atomic E-state index is 14.5. The predicted molar refractivity (Wildman–Crippen MR) is 256 cm³/mol. The van der Waals surface area contributed by atoms with Crippen LogP contribution in [0.25, 0.3) is 0 Å². The Kier molecular flexibility index (Phi) is 22.9. The van der Waals surface area contributed by atoms with Crippen molar-refractivity contribution in [3.63, 3.8) is 0 Å². The Labute approximate surface area is 405 Å². The van der Waals surface area contributed by atoms with Gasteiger partial charge >= 0.3 is 5.97 Å². The molecule has 0 aromatic rings. The summed E-state index contributed by atoms with van der Waals surface area (Å²) in [6, 6.07) is -1.14. The first-order valence-corrected chi connectivity index (χ1v) is 25.0. The zero-order chi connectivity index (χ0) is 50.3. The highest BCUT2D eigenvalue weighted by Crippen LogP contribution is 2.38. The van der Waals surface area contributed by atoms with Crippen molar-refractivity contribution in [2.24, 2.45) is 35.5 Å². The van der Waals surface area contributed by atoms with E-state index >= 15 is 0 Å². The second-order valence-electron chi connectivity index (χ2n) is 20.2. The van der Waals surface area contributed by atoms with Gasteiger partial charge in [0.25, 0.3) is 11.7 Å². The van der Waals surface area contributed by atoms with Crippen LogP contribution in [-0.4, -0.2) is 145 Å². The highest BCUT2D eigenvalue weighted by atomic mass is 16.6. The average Bonchev–Trinajstić information content (AvgIpc) is 3.32. The maximum absolute atomic E-state index is 14.5. The number of hydrogen-bond acceptors (Lipinski definition) is 14. The molecule has 4 rings (SSSR count). The van der Waals surface area contributed by atoms with Gasteiger partial charge in [0.15, 0.2) is 5.78 Å². The van der Waals surface area contributed by atoms with Crippen LogP contribution in [0.1, 0.15) is 126 Å². The molecule has 1 amide bonds. The van der Waals surface area contributed by atoms with Gasteiger partial charge in [-0.25, -0.2) is 4.79 Å². The molecule has 0 aromatic heterocycles. The summed E-state index contributed by atoms with van der Waals surface area (Å²) in [5.74, 6) is -7.96. The third kappa shape index (κ3) is 15.3. The number of esters is 1. The fourth-order valence-electron chi connectivity index (χ4n) is 10.5. The van der Waals surface area contributed by atoms with Crippen LogP contribution in [0.15, 0.2) is 47.6 Å². The molecule has 1 aliphatic carbocycles. The molecule has 1 saturated carbocycles. The number of methoxy groups -OCH3 is 3. The van der Waals surface area contributed by atoms with Crippen molar-refractivity contribution >= 4 is 29.2 Å². The van der Waals surface area contributed by atoms with Gasteiger partial charge in [0, 0.05) is 58.5 Å². The van der Waals surface area contributed by atoms with Crippen LogP contribution in [0, 0.1) is 35.5 Å². The van der Waals surface area contributed by atoms with E-state index in [-0.39, 0.29) is 74.1 Å². The number of ketones is 3. The molecule has 2 saturated heterocycles. The SMILES string of the molecule is CO[C@H]1C[C@@H]2CC[C@@H](C)C(O)(O2)C(=O)C(=O)N2CCCC[C@H]2C(=O)OC([C@@H](C)C[C@@H]2CC[C@@H](OCCO)[C@H](OC)C2)CC(=O)[C@H](C)/C=C(\C)[C@@H](O)[C@@H](OC)C(=O)[C@H](C)C[C@H](C)/C=C/C=C/C=C/1C. The third-order valence-electron chi connectivity index (χ3n) is 14.9. The van der Waals surface area contributed by atoms with Crippen LogP contribution in [0.2, 0.25) is 0 Å². The fourth-order valence-corrected chi connectivity index (χ4v) is 10.5. The van der Waals surface area contributed by atoms with E-state index in [9.17, 15) is 39.3 Å². The summed E-state index contributed by atoms with van der Waals surface area (Å²) in [6.07, 6.45) is 12.0. The number of fused-ring (bicyclic) bond motifs is 3. The number of amides is 1. The van der Waals surface area contributed by atoms with Crippen molar-refractivity contribution in [3.05, 3.63) is 47.6 Å². The first-order chi connectivity index (χ1) is 32.3. The van der Waals surface area contributed by atoms with E-state index < -0.39 is 77.8 Å². The minimum Gasteiger partial charge on any atom is -0.460 e. The Bertz CT molecular complexity index is 1810. The van der Waals surface area contributed by atoms with Gasteiger partial charge in [-0.15, -0.1) is 0 Å². The number of rotatable bonds is 9. The molecule has 15 atom stereocenters. The molecular weight excluding hydrogens is 875 g/mol. The number of carbonyl (C=O) groups is 5. The first kappa shape index (κ1) is 57.2. The van der Waals surface area contributed by atoms with E-state index in [1.54, 1.807) is 41.1 Å². The number of aliphatic hydroxyl groups excluding tert-OH is 2. The predicted octanol–water partition coefficient (Wildman–Crippen LogP) is 6.20. The number of carbonyl (C=O) groups excluding carboxylic acids is 5. The Morgan fingerprint density at radius 1 is 0.853 bits per heavy atom. The second-order valence-corrected chi connectivity index (χ2v) is 20.2. The normalized spacial score (nSPS) is 39.2. The first-order valence-electron chi connectivity index (χ1n) is 25.0. The van der Waals surface area contributed by atoms with Crippen LogP contribution < -0.4 is 0 Å². The molecule has 3 fully saturated rings. The van der Waals surface area contributed by atoms with Gasteiger partial charge in [0.2, 0.25) is 5.79 Å². The lowest BCUT2D eigenvalue weighted by molar-refractivity contribution is -0.265. The van der Waals surface area contributed by atoms with Gasteiger partial charge < -0.3 is 48.6 Å². The standard InChI is InChI=1S/C53H83NO14/c1-32-16-12-11-13-17-33(2)44(63-8)30-40-21-19-38(7)53(62,68-40)50(59)51(60)54-23-15-14-18-41(54)52(61)67-45(35(4)28-39-20-22-43(66-25-24-55)46(29-39)64-9)31-42(56)34(3)27-37(6)48(58)49(65-10)47(57)36(5)26-32/h11-13,16-17,27,32,34-36,38-41,43-46,48-49,55,58,62H,14-15,18-26,28-31H2,1-10H3/b13-11+,16-12+,33-17+,37-27+/t32-,34-,35+,36-,38-,39+,40+,41+,43-,44+,45?,46-,48-,49+,53?/m1/s1. The molecule has 3 N–H and O–H groups in total. The van der Waals surface area contributed by atoms with Gasteiger partial charge in [-0.05, 0) is 107 Å². The molecule has 3 heterocycles. The maximum Gasteiger partial charge on any atom is 0.329 e. The van der Waals surface area contributed by atoms with Crippen LogP contribution in [0.3, 0.4) is 0 Å². The minimum atomic E-state index is -2.43. The lowest BCUT2D eigenvalue weighted by Gasteiger charge is -2.42. The summed E-state index contributed by atoms with van der Waals surface area (Å²) in [6.45, 7) is 12.9. The summed E-state index contributed by atoms with van der Waals surface area (Å²) in [4.78, 5) is 72.1. The molecule has 0 spiro atoms. The molecule has 0 radical (unpaired) electrons. The highest BCUT2D eigenvalue weighted by Gasteiger charge is 2.53. The summed E-state index contributed by atoms with van der Waals surface area (Å²) in [5, 5.41) is 32.8. The summed E-state index contributed by atoms with van der Waals surface area (Å²) >= 11 is 0. The third-order valence-corrected chi connectivity index (χ3v) is 14.9. The average molecular weight is 958 g/mol. The van der Waals surface area contributed by atoms with E-state index in [0.717, 1.165) is 12.0 Å². The molecule has 68 heavy (non-hydrogen) atoms. The number of allylic oxidation sites excluding steroid dienone is 6. The van der Waals surface area contributed by atoms with Crippen molar-refractivity contribution in [1.29, 1.82) is 0 Å². The van der Waals surface area contributed by atoms with E-state index in [1.165, 1.54) is 12.0 Å². The summed E-state index contributed by atoms with van der Waals surface area (Å²) in [5.41, 5.74) is 1.26. The zero-order valence-electron chi connectivity index (χ0n) is 42.4. The second kappa shape index (κ2) is 27.3. The van der Waals surface area contributed by atoms with Crippen molar-refractivity contribution in [2.75, 3.05) is 41.1 Å². The summed E-state index contributed by atoms with van der Waals surface area (Å²) in [7, 11) is 4.58. The van der Waals surface area contributed by atoms with Crippen molar-refractivity contribution in [1.82, 2.24) is 4.90 Å². The number of hydrogen-bond donors (Lipinski definition) is 3. The molecule has 2 unspecified atom stereocenters. The summed E-state index contributed by atoms with van der Waals surface area (Å²) < 4.78 is 35.6. The molecule has 384 valence electrons. The van der Waals surface area contributed by atoms with E-state index in [0.29, 0.717) is 63.4 Å². The van der Waals surface area contributed by atoms with Gasteiger partial charge in [0.05, 0.1) is 37.6 Å². The molecule has 0 aromatic carbocycles. The Morgan fingerprint density at radius 3 is 2.26 bits per heavy atom. The number of nitrogens with zero attached hydrogens (tertiary/aromatic N) is 1. The van der Waals surface area contributed by atoms with Gasteiger partial charge in [-0.2, -0.15) is 0 Å².